The van der Waals surface area contributed by atoms with E-state index in [2.05, 4.69) is 0 Å². The second kappa shape index (κ2) is 7.54. The van der Waals surface area contributed by atoms with Crippen LogP contribution in [-0.4, -0.2) is 24.4 Å². The molecule has 1 aliphatic carbocycles. The number of benzene rings is 2. The van der Waals surface area contributed by atoms with Gasteiger partial charge in [0.25, 0.3) is 0 Å². The highest BCUT2D eigenvalue weighted by Gasteiger charge is 2.34. The van der Waals surface area contributed by atoms with E-state index in [-0.39, 0.29) is 11.9 Å². The van der Waals surface area contributed by atoms with Crippen LogP contribution in [0.15, 0.2) is 60.2 Å². The summed E-state index contributed by atoms with van der Waals surface area (Å²) in [4.78, 5) is 12.6. The topological polar surface area (TPSA) is 35.5 Å². The highest BCUT2D eigenvalue weighted by Crippen LogP contribution is 2.30. The fourth-order valence-electron chi connectivity index (χ4n) is 2.78. The first-order valence-electron chi connectivity index (χ1n) is 7.92. The average molecular weight is 343 g/mol. The number of Topliss-reactive ketones (excluding diaryl/α,β-unsaturated/α-hetero) is 1. The third-order valence-electron chi connectivity index (χ3n) is 4.06. The number of methoxy groups -OCH3 is 1. The second-order valence-corrected chi connectivity index (χ2v) is 6.19. The first-order chi connectivity index (χ1) is 11.7. The maximum absolute atomic E-state index is 12.6. The monoisotopic (exact) mass is 342 g/mol. The molecule has 2 atom stereocenters. The van der Waals surface area contributed by atoms with Crippen LogP contribution in [0.3, 0.4) is 0 Å². The van der Waals surface area contributed by atoms with Gasteiger partial charge in [0.1, 0.15) is 23.0 Å². The van der Waals surface area contributed by atoms with Crippen LogP contribution in [0.2, 0.25) is 0 Å². The number of allylic oxidation sites excluding steroid dienone is 1. The molecular formula is C20H19ClO3. The van der Waals surface area contributed by atoms with Crippen LogP contribution in [-0.2, 0) is 4.79 Å². The predicted molar refractivity (Wildman–Crippen MR) is 95.7 cm³/mol. The van der Waals surface area contributed by atoms with Crippen molar-refractivity contribution >= 4 is 23.5 Å². The van der Waals surface area contributed by atoms with E-state index in [0.29, 0.717) is 12.8 Å². The summed E-state index contributed by atoms with van der Waals surface area (Å²) in [5.41, 5.74) is 1.67. The SMILES string of the molecule is COc1cccc(C=C2CCC(Oc3ccccc3)C(Cl)C2=O)c1. The minimum atomic E-state index is -0.671. The molecule has 1 fully saturated rings. The van der Waals surface area contributed by atoms with Crippen molar-refractivity contribution < 1.29 is 14.3 Å². The lowest BCUT2D eigenvalue weighted by Gasteiger charge is -2.28. The fourth-order valence-corrected chi connectivity index (χ4v) is 3.10. The molecule has 2 aromatic rings. The molecule has 0 N–H and O–H groups in total. The van der Waals surface area contributed by atoms with E-state index in [1.165, 1.54) is 0 Å². The Labute approximate surface area is 146 Å². The average Bonchev–Trinajstić information content (AvgIpc) is 2.62. The molecule has 1 saturated carbocycles. The molecule has 3 nitrogen and oxygen atoms in total. The lowest BCUT2D eigenvalue weighted by atomic mass is 9.89. The Morgan fingerprint density at radius 3 is 2.58 bits per heavy atom. The molecule has 0 amide bonds. The minimum Gasteiger partial charge on any atom is -0.497 e. The minimum absolute atomic E-state index is 0.0633. The van der Waals surface area contributed by atoms with E-state index in [4.69, 9.17) is 21.1 Å². The number of para-hydroxylation sites is 1. The number of hydrogen-bond acceptors (Lipinski definition) is 3. The van der Waals surface area contributed by atoms with Gasteiger partial charge in [-0.1, -0.05) is 30.3 Å². The normalized spacial score (nSPS) is 22.4. The van der Waals surface area contributed by atoms with Crippen LogP contribution in [0, 0.1) is 0 Å². The first kappa shape index (κ1) is 16.6. The van der Waals surface area contributed by atoms with E-state index in [1.807, 2.05) is 60.7 Å². The van der Waals surface area contributed by atoms with E-state index >= 15 is 0 Å². The Bertz CT molecular complexity index is 740. The Morgan fingerprint density at radius 1 is 1.08 bits per heavy atom. The summed E-state index contributed by atoms with van der Waals surface area (Å²) in [5.74, 6) is 1.44. The Kier molecular flexibility index (Phi) is 5.21. The first-order valence-corrected chi connectivity index (χ1v) is 8.35. The third kappa shape index (κ3) is 3.80. The molecule has 124 valence electrons. The van der Waals surface area contributed by atoms with Crippen LogP contribution in [0.4, 0.5) is 0 Å². The fraction of sp³-hybridized carbons (Fsp3) is 0.250. The number of rotatable bonds is 4. The van der Waals surface area contributed by atoms with Crippen LogP contribution >= 0.6 is 11.6 Å². The van der Waals surface area contributed by atoms with Crippen LogP contribution in [0.25, 0.3) is 6.08 Å². The van der Waals surface area contributed by atoms with Crippen molar-refractivity contribution in [1.29, 1.82) is 0 Å². The Balaban J connectivity index is 1.73. The van der Waals surface area contributed by atoms with Crippen LogP contribution < -0.4 is 9.47 Å². The summed E-state index contributed by atoms with van der Waals surface area (Å²) in [6.07, 6.45) is 2.95. The smallest absolute Gasteiger partial charge is 0.180 e. The molecule has 2 unspecified atom stereocenters. The molecule has 0 radical (unpaired) electrons. The summed E-state index contributed by atoms with van der Waals surface area (Å²) in [6, 6.07) is 17.1. The molecular weight excluding hydrogens is 324 g/mol. The maximum atomic E-state index is 12.6. The Morgan fingerprint density at radius 2 is 1.83 bits per heavy atom. The van der Waals surface area contributed by atoms with Gasteiger partial charge < -0.3 is 9.47 Å². The van der Waals surface area contributed by atoms with Gasteiger partial charge in [0, 0.05) is 0 Å². The van der Waals surface area contributed by atoms with Gasteiger partial charge in [0.05, 0.1) is 7.11 Å². The van der Waals surface area contributed by atoms with Crippen molar-refractivity contribution in [3.8, 4) is 11.5 Å². The predicted octanol–water partition coefficient (Wildman–Crippen LogP) is 4.50. The highest BCUT2D eigenvalue weighted by molar-refractivity contribution is 6.35. The van der Waals surface area contributed by atoms with Crippen LogP contribution in [0.5, 0.6) is 11.5 Å². The van der Waals surface area contributed by atoms with Crippen molar-refractivity contribution in [3.63, 3.8) is 0 Å². The number of halogens is 1. The number of hydrogen-bond donors (Lipinski definition) is 0. The van der Waals surface area contributed by atoms with Gasteiger partial charge in [-0.15, -0.1) is 11.6 Å². The molecule has 2 aromatic carbocycles. The summed E-state index contributed by atoms with van der Waals surface area (Å²) in [7, 11) is 1.62. The summed E-state index contributed by atoms with van der Waals surface area (Å²) in [5, 5.41) is -0.671. The zero-order valence-electron chi connectivity index (χ0n) is 13.4. The van der Waals surface area contributed by atoms with Gasteiger partial charge >= 0.3 is 0 Å². The highest BCUT2D eigenvalue weighted by atomic mass is 35.5. The molecule has 0 bridgehead atoms. The van der Waals surface area contributed by atoms with E-state index in [1.54, 1.807) is 7.11 Å². The third-order valence-corrected chi connectivity index (χ3v) is 4.54. The summed E-state index contributed by atoms with van der Waals surface area (Å²) < 4.78 is 11.1. The van der Waals surface area contributed by atoms with Crippen molar-refractivity contribution in [2.45, 2.75) is 24.3 Å². The van der Waals surface area contributed by atoms with Crippen molar-refractivity contribution in [1.82, 2.24) is 0 Å². The number of ketones is 1. The van der Waals surface area contributed by atoms with Gasteiger partial charge in [-0.25, -0.2) is 0 Å². The second-order valence-electron chi connectivity index (χ2n) is 5.72. The maximum Gasteiger partial charge on any atom is 0.180 e. The molecule has 0 spiro atoms. The molecule has 3 rings (SSSR count). The number of carbonyl (C=O) groups excluding carboxylic acids is 1. The molecule has 24 heavy (non-hydrogen) atoms. The number of carbonyl (C=O) groups is 1. The molecule has 4 heteroatoms. The van der Waals surface area contributed by atoms with Crippen molar-refractivity contribution in [3.05, 3.63) is 65.7 Å². The van der Waals surface area contributed by atoms with Crippen molar-refractivity contribution in [2.75, 3.05) is 7.11 Å². The molecule has 1 aliphatic rings. The van der Waals surface area contributed by atoms with Gasteiger partial charge in [0.2, 0.25) is 0 Å². The standard InChI is InChI=1S/C20H19ClO3/c1-23-17-9-5-6-14(13-17)12-15-10-11-18(19(21)20(15)22)24-16-7-3-2-4-8-16/h2-9,12-13,18-19H,10-11H2,1H3. The van der Waals surface area contributed by atoms with Gasteiger partial charge in [-0.3, -0.25) is 4.79 Å². The number of alkyl halides is 1. The zero-order valence-corrected chi connectivity index (χ0v) is 14.2. The van der Waals surface area contributed by atoms with Gasteiger partial charge in [0.15, 0.2) is 5.78 Å². The lowest BCUT2D eigenvalue weighted by Crippen LogP contribution is -2.39. The summed E-state index contributed by atoms with van der Waals surface area (Å²) in [6.45, 7) is 0. The molecule has 0 heterocycles. The molecule has 0 aliphatic heterocycles. The molecule has 0 aromatic heterocycles. The summed E-state index contributed by atoms with van der Waals surface area (Å²) >= 11 is 6.36. The zero-order chi connectivity index (χ0) is 16.9. The Hall–Kier alpha value is -2.26. The molecule has 0 saturated heterocycles. The van der Waals surface area contributed by atoms with E-state index < -0.39 is 5.38 Å². The van der Waals surface area contributed by atoms with Gasteiger partial charge in [-0.05, 0) is 54.3 Å². The van der Waals surface area contributed by atoms with Gasteiger partial charge in [-0.2, -0.15) is 0 Å². The largest absolute Gasteiger partial charge is 0.497 e. The van der Waals surface area contributed by atoms with Crippen molar-refractivity contribution in [2.24, 2.45) is 0 Å². The van der Waals surface area contributed by atoms with E-state index in [0.717, 1.165) is 22.6 Å². The van der Waals surface area contributed by atoms with Crippen LogP contribution in [0.1, 0.15) is 18.4 Å². The number of ether oxygens (including phenoxy) is 2. The quantitative estimate of drug-likeness (QED) is 0.606. The lowest BCUT2D eigenvalue weighted by molar-refractivity contribution is -0.117. The van der Waals surface area contributed by atoms with E-state index in [9.17, 15) is 4.79 Å².